The average Bonchev–Trinajstić information content (AvgIpc) is 2.72. The molecule has 0 aliphatic heterocycles. The first-order valence-electron chi connectivity index (χ1n) is 8.70. The number of benzene rings is 5. The van der Waals surface area contributed by atoms with Crippen LogP contribution in [0.3, 0.4) is 0 Å². The molecule has 0 unspecified atom stereocenters. The van der Waals surface area contributed by atoms with E-state index in [2.05, 4.69) is 60.7 Å². The summed E-state index contributed by atoms with van der Waals surface area (Å²) in [6.07, 6.45) is 0. The van der Waals surface area contributed by atoms with Gasteiger partial charge in [-0.05, 0) is 38.4 Å². The SMILES string of the molecule is O=[N+]([O-])c1cccc(O)c1[N+](=O)[O-].c1cc2ccc3cccc4ccc(c1)c2c34. The van der Waals surface area contributed by atoms with Crippen molar-refractivity contribution in [1.82, 2.24) is 0 Å². The van der Waals surface area contributed by atoms with Crippen LogP contribution in [0.2, 0.25) is 0 Å². The van der Waals surface area contributed by atoms with Crippen molar-refractivity contribution in [1.29, 1.82) is 0 Å². The van der Waals surface area contributed by atoms with Crippen molar-refractivity contribution in [2.24, 2.45) is 0 Å². The van der Waals surface area contributed by atoms with E-state index in [1.165, 1.54) is 38.4 Å². The lowest BCUT2D eigenvalue weighted by Gasteiger charge is -2.09. The molecule has 5 aromatic carbocycles. The summed E-state index contributed by atoms with van der Waals surface area (Å²) in [4.78, 5) is 18.6. The summed E-state index contributed by atoms with van der Waals surface area (Å²) in [5.41, 5.74) is -1.60. The predicted octanol–water partition coefficient (Wildman–Crippen LogP) is 5.79. The maximum Gasteiger partial charge on any atom is 0.387 e. The third-order valence-electron chi connectivity index (χ3n) is 4.77. The number of hydrogen-bond donors (Lipinski definition) is 1. The highest BCUT2D eigenvalue weighted by atomic mass is 16.6. The van der Waals surface area contributed by atoms with Crippen LogP contribution in [0.1, 0.15) is 0 Å². The first-order chi connectivity index (χ1) is 14.0. The Hall–Kier alpha value is -4.26. The summed E-state index contributed by atoms with van der Waals surface area (Å²) in [5, 5.41) is 37.7. The second-order valence-corrected chi connectivity index (χ2v) is 6.45. The third kappa shape index (κ3) is 3.14. The van der Waals surface area contributed by atoms with Crippen molar-refractivity contribution >= 4 is 43.7 Å². The molecule has 29 heavy (non-hydrogen) atoms. The fraction of sp³-hybridized carbons (Fsp3) is 0. The summed E-state index contributed by atoms with van der Waals surface area (Å²) in [6.45, 7) is 0. The minimum atomic E-state index is -0.993. The highest BCUT2D eigenvalue weighted by molar-refractivity contribution is 6.22. The fourth-order valence-corrected chi connectivity index (χ4v) is 3.52. The van der Waals surface area contributed by atoms with Gasteiger partial charge in [0.1, 0.15) is 0 Å². The van der Waals surface area contributed by atoms with E-state index < -0.39 is 27.0 Å². The average molecular weight is 386 g/mol. The number of phenolic OH excluding ortho intramolecular Hbond substituents is 1. The van der Waals surface area contributed by atoms with E-state index >= 15 is 0 Å². The van der Waals surface area contributed by atoms with Crippen LogP contribution in [-0.4, -0.2) is 15.0 Å². The molecule has 0 bridgehead atoms. The van der Waals surface area contributed by atoms with E-state index in [-0.39, 0.29) is 0 Å². The van der Waals surface area contributed by atoms with Crippen molar-refractivity contribution < 1.29 is 15.0 Å². The van der Waals surface area contributed by atoms with E-state index in [4.69, 9.17) is 5.11 Å². The topological polar surface area (TPSA) is 107 Å². The van der Waals surface area contributed by atoms with Gasteiger partial charge in [-0.25, -0.2) is 0 Å². The maximum atomic E-state index is 10.3. The molecular formula is C22H14N2O5. The molecule has 7 heteroatoms. The van der Waals surface area contributed by atoms with Gasteiger partial charge in [-0.3, -0.25) is 20.2 Å². The van der Waals surface area contributed by atoms with Gasteiger partial charge in [-0.2, -0.15) is 0 Å². The lowest BCUT2D eigenvalue weighted by atomic mass is 9.95. The molecule has 0 saturated carbocycles. The van der Waals surface area contributed by atoms with Crippen molar-refractivity contribution in [3.05, 3.63) is 99.1 Å². The molecule has 0 heterocycles. The van der Waals surface area contributed by atoms with E-state index in [0.29, 0.717) is 0 Å². The molecule has 142 valence electrons. The highest BCUT2D eigenvalue weighted by Crippen LogP contribution is 2.35. The van der Waals surface area contributed by atoms with Gasteiger partial charge in [0.15, 0.2) is 0 Å². The second-order valence-electron chi connectivity index (χ2n) is 6.45. The summed E-state index contributed by atoms with van der Waals surface area (Å²) >= 11 is 0. The van der Waals surface area contributed by atoms with Gasteiger partial charge >= 0.3 is 11.4 Å². The molecule has 0 aliphatic rings. The van der Waals surface area contributed by atoms with Crippen LogP contribution < -0.4 is 0 Å². The minimum absolute atomic E-state index is 0.709. The number of nitrogens with zero attached hydrogens (tertiary/aromatic N) is 2. The third-order valence-corrected chi connectivity index (χ3v) is 4.77. The Balaban J connectivity index is 0.000000146. The number of nitro benzene ring substituents is 2. The summed E-state index contributed by atoms with van der Waals surface area (Å²) in [6, 6.07) is 25.0. The van der Waals surface area contributed by atoms with Crippen LogP contribution in [0.5, 0.6) is 5.75 Å². The lowest BCUT2D eigenvalue weighted by molar-refractivity contribution is -0.423. The quantitative estimate of drug-likeness (QED) is 0.235. The molecule has 0 spiro atoms. The van der Waals surface area contributed by atoms with E-state index in [1.807, 2.05) is 0 Å². The monoisotopic (exact) mass is 386 g/mol. The van der Waals surface area contributed by atoms with Gasteiger partial charge in [0.25, 0.3) is 0 Å². The number of hydrogen-bond acceptors (Lipinski definition) is 5. The van der Waals surface area contributed by atoms with Gasteiger partial charge < -0.3 is 5.11 Å². The van der Waals surface area contributed by atoms with Gasteiger partial charge in [0.2, 0.25) is 5.75 Å². The highest BCUT2D eigenvalue weighted by Gasteiger charge is 2.27. The molecule has 0 aromatic heterocycles. The first kappa shape index (κ1) is 18.1. The van der Waals surface area contributed by atoms with Crippen LogP contribution in [0.25, 0.3) is 32.3 Å². The Morgan fingerprint density at radius 3 is 1.34 bits per heavy atom. The Kier molecular flexibility index (Phi) is 4.40. The summed E-state index contributed by atoms with van der Waals surface area (Å²) in [5.74, 6) is -0.709. The molecule has 0 atom stereocenters. The lowest BCUT2D eigenvalue weighted by Crippen LogP contribution is -1.96. The van der Waals surface area contributed by atoms with Crippen molar-refractivity contribution in [2.75, 3.05) is 0 Å². The van der Waals surface area contributed by atoms with Crippen LogP contribution in [0.15, 0.2) is 78.9 Å². The number of nitro groups is 2. The second kappa shape index (κ2) is 7.05. The molecule has 0 fully saturated rings. The van der Waals surface area contributed by atoms with Crippen LogP contribution in [-0.2, 0) is 0 Å². The maximum absolute atomic E-state index is 10.3. The minimum Gasteiger partial charge on any atom is -0.502 e. The molecule has 5 aromatic rings. The number of phenols is 1. The largest absolute Gasteiger partial charge is 0.502 e. The Bertz CT molecular complexity index is 1250. The van der Waals surface area contributed by atoms with E-state index in [0.717, 1.165) is 12.1 Å². The van der Waals surface area contributed by atoms with Gasteiger partial charge in [0.05, 0.1) is 9.85 Å². The molecule has 0 saturated heterocycles. The van der Waals surface area contributed by atoms with Crippen LogP contribution in [0.4, 0.5) is 11.4 Å². The van der Waals surface area contributed by atoms with Crippen molar-refractivity contribution in [3.63, 3.8) is 0 Å². The first-order valence-corrected chi connectivity index (χ1v) is 8.70. The Morgan fingerprint density at radius 1 is 0.586 bits per heavy atom. The fourth-order valence-electron chi connectivity index (χ4n) is 3.52. The van der Waals surface area contributed by atoms with Gasteiger partial charge in [-0.1, -0.05) is 66.7 Å². The standard InChI is InChI=1S/C16H10.C6H4N2O5/c1-3-11-7-9-13-5-2-6-14-10-8-12(4-1)15(11)16(13)14;9-5-3-1-2-4(7(10)11)6(5)8(12)13/h1-10H;1-3,9H. The number of aromatic hydroxyl groups is 1. The Morgan fingerprint density at radius 2 is 1.00 bits per heavy atom. The molecule has 5 rings (SSSR count). The zero-order valence-corrected chi connectivity index (χ0v) is 15.0. The summed E-state index contributed by atoms with van der Waals surface area (Å²) in [7, 11) is 0. The zero-order chi connectivity index (χ0) is 20.5. The number of rotatable bonds is 2. The van der Waals surface area contributed by atoms with E-state index in [9.17, 15) is 20.2 Å². The Labute approximate surface area is 164 Å². The smallest absolute Gasteiger partial charge is 0.387 e. The van der Waals surface area contributed by atoms with Gasteiger partial charge in [-0.15, -0.1) is 0 Å². The molecule has 7 nitrogen and oxygen atoms in total. The molecule has 0 amide bonds. The molecular weight excluding hydrogens is 372 g/mol. The van der Waals surface area contributed by atoms with E-state index in [1.54, 1.807) is 0 Å². The molecule has 0 radical (unpaired) electrons. The van der Waals surface area contributed by atoms with Gasteiger partial charge in [0, 0.05) is 6.07 Å². The normalized spacial score (nSPS) is 10.8. The van der Waals surface area contributed by atoms with Crippen molar-refractivity contribution in [3.8, 4) is 5.75 Å². The number of para-hydroxylation sites is 1. The van der Waals surface area contributed by atoms with Crippen molar-refractivity contribution in [2.45, 2.75) is 0 Å². The molecule has 1 N–H and O–H groups in total. The van der Waals surface area contributed by atoms with Crippen LogP contribution in [0, 0.1) is 20.2 Å². The molecule has 0 aliphatic carbocycles. The zero-order valence-electron chi connectivity index (χ0n) is 15.0. The predicted molar refractivity (Wildman–Crippen MR) is 112 cm³/mol. The summed E-state index contributed by atoms with van der Waals surface area (Å²) < 4.78 is 0. The van der Waals surface area contributed by atoms with Crippen LogP contribution >= 0.6 is 0 Å².